The highest BCUT2D eigenvalue weighted by atomic mass is 19.1. The topological polar surface area (TPSA) is 92.4 Å². The molecule has 1 fully saturated rings. The van der Waals surface area contributed by atoms with Crippen molar-refractivity contribution in [2.75, 3.05) is 20.2 Å². The molecule has 7 nitrogen and oxygen atoms in total. The van der Waals surface area contributed by atoms with Crippen molar-refractivity contribution in [3.8, 4) is 0 Å². The second-order valence-electron chi connectivity index (χ2n) is 7.89. The molecule has 1 N–H and O–H groups in total. The van der Waals surface area contributed by atoms with Crippen LogP contribution in [0.1, 0.15) is 39.3 Å². The number of ether oxygens (including phenoxy) is 1. The van der Waals surface area contributed by atoms with Crippen LogP contribution in [0.4, 0.5) is 8.78 Å². The molecule has 0 unspecified atom stereocenters. The van der Waals surface area contributed by atoms with Crippen LogP contribution in [0.15, 0.2) is 42.7 Å². The average Bonchev–Trinajstić information content (AvgIpc) is 3.22. The average molecular weight is 441 g/mol. The molecule has 1 saturated heterocycles. The molecule has 32 heavy (non-hydrogen) atoms. The molecule has 1 aliphatic heterocycles. The van der Waals surface area contributed by atoms with E-state index in [0.29, 0.717) is 16.5 Å². The van der Waals surface area contributed by atoms with E-state index in [9.17, 15) is 18.8 Å². The van der Waals surface area contributed by atoms with Crippen LogP contribution >= 0.6 is 0 Å². The van der Waals surface area contributed by atoms with E-state index < -0.39 is 17.4 Å². The van der Waals surface area contributed by atoms with E-state index in [1.54, 1.807) is 17.0 Å². The fourth-order valence-electron chi connectivity index (χ4n) is 3.95. The van der Waals surface area contributed by atoms with Gasteiger partial charge in [0.15, 0.2) is 0 Å². The van der Waals surface area contributed by atoms with Crippen LogP contribution in [-0.4, -0.2) is 58.4 Å². The molecule has 0 aliphatic carbocycles. The van der Waals surface area contributed by atoms with Crippen molar-refractivity contribution >= 4 is 28.6 Å². The molecule has 0 radical (unpaired) electrons. The van der Waals surface area contributed by atoms with E-state index in [0.717, 1.165) is 7.11 Å². The predicted octanol–water partition coefficient (Wildman–Crippen LogP) is 3.24. The molecule has 4 rings (SSSR count). The van der Waals surface area contributed by atoms with Crippen molar-refractivity contribution in [2.24, 2.45) is 0 Å². The van der Waals surface area contributed by atoms with Gasteiger partial charge in [-0.25, -0.2) is 13.6 Å². The molecular formula is C23H21F2N3O4. The van der Waals surface area contributed by atoms with E-state index >= 15 is 4.39 Å². The van der Waals surface area contributed by atoms with Crippen molar-refractivity contribution in [1.29, 1.82) is 0 Å². The summed E-state index contributed by atoms with van der Waals surface area (Å²) in [7, 11) is 1.11. The monoisotopic (exact) mass is 441 g/mol. The lowest BCUT2D eigenvalue weighted by molar-refractivity contribution is -0.135. The Kier molecular flexibility index (Phi) is 5.73. The summed E-state index contributed by atoms with van der Waals surface area (Å²) < 4.78 is 32.8. The van der Waals surface area contributed by atoms with Gasteiger partial charge in [-0.3, -0.25) is 14.6 Å². The zero-order valence-corrected chi connectivity index (χ0v) is 17.4. The van der Waals surface area contributed by atoms with E-state index in [2.05, 4.69) is 14.7 Å². The number of nitrogens with zero attached hydrogens (tertiary/aromatic N) is 2. The number of esters is 1. The SMILES string of the molecule is COC(=O)C(=O)c1[nH]cc2ncc(C(=O)N3CCC(F)(Cc4ccc(F)cc4)CC3)cc12. The van der Waals surface area contributed by atoms with Crippen LogP contribution in [-0.2, 0) is 16.0 Å². The molecule has 1 aliphatic rings. The van der Waals surface area contributed by atoms with Gasteiger partial charge in [0.05, 0.1) is 18.2 Å². The number of piperidine rings is 1. The Labute approximate surface area is 182 Å². The molecular weight excluding hydrogens is 420 g/mol. The zero-order valence-electron chi connectivity index (χ0n) is 17.4. The Balaban J connectivity index is 1.47. The largest absolute Gasteiger partial charge is 0.463 e. The van der Waals surface area contributed by atoms with Crippen LogP contribution in [0.5, 0.6) is 0 Å². The van der Waals surface area contributed by atoms with Gasteiger partial charge in [-0.05, 0) is 36.6 Å². The smallest absolute Gasteiger partial charge is 0.381 e. The standard InChI is InChI=1S/C23H21F2N3O4/c1-32-22(31)20(29)19-17-10-15(12-26-18(17)13-27-19)21(30)28-8-6-23(25,7-9-28)11-14-2-4-16(24)5-3-14/h2-5,10,12-13,27H,6-9,11H2,1H3. The number of benzene rings is 1. The molecule has 0 saturated carbocycles. The Morgan fingerprint density at radius 2 is 1.88 bits per heavy atom. The number of ketones is 1. The summed E-state index contributed by atoms with van der Waals surface area (Å²) in [5, 5.41) is 0.333. The summed E-state index contributed by atoms with van der Waals surface area (Å²) in [4.78, 5) is 45.2. The van der Waals surface area contributed by atoms with E-state index in [4.69, 9.17) is 0 Å². The molecule has 0 atom stereocenters. The quantitative estimate of drug-likeness (QED) is 0.373. The van der Waals surface area contributed by atoms with Crippen LogP contribution in [0.3, 0.4) is 0 Å². The summed E-state index contributed by atoms with van der Waals surface area (Å²) in [5.41, 5.74) is -0.110. The highest BCUT2D eigenvalue weighted by Crippen LogP contribution is 2.31. The molecule has 1 amide bonds. The number of aromatic nitrogens is 2. The minimum atomic E-state index is -1.47. The molecule has 0 spiro atoms. The number of halogens is 2. The van der Waals surface area contributed by atoms with Crippen molar-refractivity contribution in [2.45, 2.75) is 24.9 Å². The number of fused-ring (bicyclic) bond motifs is 1. The van der Waals surface area contributed by atoms with Gasteiger partial charge in [0.25, 0.3) is 11.7 Å². The predicted molar refractivity (Wildman–Crippen MR) is 112 cm³/mol. The van der Waals surface area contributed by atoms with Gasteiger partial charge in [-0.1, -0.05) is 12.1 Å². The van der Waals surface area contributed by atoms with Gasteiger partial charge in [-0.2, -0.15) is 0 Å². The molecule has 9 heteroatoms. The summed E-state index contributed by atoms with van der Waals surface area (Å²) in [5.74, 6) is -2.59. The number of hydrogen-bond acceptors (Lipinski definition) is 5. The molecule has 3 heterocycles. The second kappa shape index (κ2) is 8.49. The van der Waals surface area contributed by atoms with Crippen molar-refractivity contribution < 1.29 is 27.9 Å². The van der Waals surface area contributed by atoms with Crippen LogP contribution < -0.4 is 0 Å². The fourth-order valence-corrected chi connectivity index (χ4v) is 3.95. The molecule has 166 valence electrons. The minimum Gasteiger partial charge on any atom is -0.463 e. The number of carbonyl (C=O) groups excluding carboxylic acids is 3. The third kappa shape index (κ3) is 4.23. The molecule has 1 aromatic carbocycles. The van der Waals surface area contributed by atoms with Gasteiger partial charge >= 0.3 is 5.97 Å². The first-order valence-electron chi connectivity index (χ1n) is 10.1. The molecule has 3 aromatic rings. The molecule has 2 aromatic heterocycles. The number of nitrogens with one attached hydrogen (secondary N) is 1. The second-order valence-corrected chi connectivity index (χ2v) is 7.89. The number of pyridine rings is 1. The molecule has 0 bridgehead atoms. The maximum absolute atomic E-state index is 15.3. The summed E-state index contributed by atoms with van der Waals surface area (Å²) in [6.07, 6.45) is 3.32. The number of aromatic amines is 1. The first-order valence-corrected chi connectivity index (χ1v) is 10.1. The van der Waals surface area contributed by atoms with Crippen LogP contribution in [0.2, 0.25) is 0 Å². The van der Waals surface area contributed by atoms with Crippen LogP contribution in [0.25, 0.3) is 10.9 Å². The van der Waals surface area contributed by atoms with E-state index in [1.807, 2.05) is 0 Å². The minimum absolute atomic E-state index is 0.00489. The lowest BCUT2D eigenvalue weighted by atomic mass is 9.87. The van der Waals surface area contributed by atoms with E-state index in [1.165, 1.54) is 30.6 Å². The Hall–Kier alpha value is -3.62. The van der Waals surface area contributed by atoms with Gasteiger partial charge < -0.3 is 14.6 Å². The lowest BCUT2D eigenvalue weighted by Crippen LogP contribution is -2.45. The maximum atomic E-state index is 15.3. The number of H-pyrrole nitrogens is 1. The van der Waals surface area contributed by atoms with Gasteiger partial charge in [0.2, 0.25) is 0 Å². The van der Waals surface area contributed by atoms with Crippen LogP contribution in [0, 0.1) is 5.82 Å². The normalized spacial score (nSPS) is 15.5. The number of Topliss-reactive ketones (excluding diaryl/α,β-unsaturated/α-hetero) is 1. The summed E-state index contributed by atoms with van der Waals surface area (Å²) in [6, 6.07) is 7.24. The number of methoxy groups -OCH3 is 1. The fraction of sp³-hybridized carbons (Fsp3) is 0.304. The van der Waals surface area contributed by atoms with Crippen molar-refractivity contribution in [3.63, 3.8) is 0 Å². The van der Waals surface area contributed by atoms with Gasteiger partial charge in [0.1, 0.15) is 17.2 Å². The summed E-state index contributed by atoms with van der Waals surface area (Å²) >= 11 is 0. The first kappa shape index (κ1) is 21.6. The van der Waals surface area contributed by atoms with Crippen molar-refractivity contribution in [1.82, 2.24) is 14.9 Å². The third-order valence-corrected chi connectivity index (χ3v) is 5.77. The lowest BCUT2D eigenvalue weighted by Gasteiger charge is -2.36. The highest BCUT2D eigenvalue weighted by molar-refractivity contribution is 6.42. The number of amides is 1. The number of likely N-dealkylation sites (tertiary alicyclic amines) is 1. The first-order chi connectivity index (χ1) is 15.3. The third-order valence-electron chi connectivity index (χ3n) is 5.77. The van der Waals surface area contributed by atoms with Gasteiger partial charge in [0, 0.05) is 37.3 Å². The van der Waals surface area contributed by atoms with Gasteiger partial charge in [-0.15, -0.1) is 0 Å². The summed E-state index contributed by atoms with van der Waals surface area (Å²) in [6.45, 7) is 0.436. The Morgan fingerprint density at radius 1 is 1.19 bits per heavy atom. The van der Waals surface area contributed by atoms with E-state index in [-0.39, 0.29) is 55.3 Å². The number of rotatable bonds is 5. The highest BCUT2D eigenvalue weighted by Gasteiger charge is 2.36. The number of hydrogen-bond donors (Lipinski definition) is 1. The van der Waals surface area contributed by atoms with Crippen molar-refractivity contribution in [3.05, 3.63) is 65.4 Å². The number of alkyl halides is 1. The zero-order chi connectivity index (χ0) is 22.9. The number of carbonyl (C=O) groups is 3. The maximum Gasteiger partial charge on any atom is 0.381 e. The Bertz CT molecular complexity index is 1180. The Morgan fingerprint density at radius 3 is 2.53 bits per heavy atom.